The van der Waals surface area contributed by atoms with Gasteiger partial charge in [0.25, 0.3) is 0 Å². The Hall–Kier alpha value is -0.610. The zero-order valence-electron chi connectivity index (χ0n) is 9.41. The third kappa shape index (κ3) is 1.74. The molecule has 4 saturated carbocycles. The molecule has 4 bridgehead atoms. The summed E-state index contributed by atoms with van der Waals surface area (Å²) < 4.78 is 0. The summed E-state index contributed by atoms with van der Waals surface area (Å²) in [6, 6.07) is 0. The lowest BCUT2D eigenvalue weighted by Crippen LogP contribution is -2.56. The van der Waals surface area contributed by atoms with E-state index in [0.717, 1.165) is 32.1 Å². The van der Waals surface area contributed by atoms with Crippen LogP contribution in [0.3, 0.4) is 0 Å². The molecule has 0 radical (unpaired) electrons. The zero-order chi connectivity index (χ0) is 10.7. The van der Waals surface area contributed by atoms with Crippen molar-refractivity contribution in [3.8, 4) is 0 Å². The van der Waals surface area contributed by atoms with Gasteiger partial charge in [0.05, 0.1) is 12.0 Å². The largest absolute Gasteiger partial charge is 0.481 e. The molecule has 0 spiro atoms. The van der Waals surface area contributed by atoms with Crippen LogP contribution >= 0.6 is 0 Å². The molecule has 4 heteroatoms. The van der Waals surface area contributed by atoms with Gasteiger partial charge in [-0.15, -0.1) is 0 Å². The second-order valence-electron chi connectivity index (χ2n) is 6.26. The molecule has 4 aliphatic carbocycles. The molecule has 0 aromatic rings. The molecule has 4 nitrogen and oxygen atoms in total. The van der Waals surface area contributed by atoms with Gasteiger partial charge in [0.15, 0.2) is 0 Å². The lowest BCUT2D eigenvalue weighted by Gasteiger charge is -2.60. The first-order chi connectivity index (χ1) is 6.99. The second-order valence-corrected chi connectivity index (χ2v) is 6.26. The Morgan fingerprint density at radius 3 is 2.19 bits per heavy atom. The predicted octanol–water partition coefficient (Wildman–Crippen LogP) is 0.968. The van der Waals surface area contributed by atoms with E-state index in [4.69, 9.17) is 5.11 Å². The lowest BCUT2D eigenvalue weighted by atomic mass is 9.47. The molecule has 0 aromatic carbocycles. The van der Waals surface area contributed by atoms with Crippen molar-refractivity contribution in [3.63, 3.8) is 0 Å². The van der Waals surface area contributed by atoms with Gasteiger partial charge < -0.3 is 15.7 Å². The van der Waals surface area contributed by atoms with Crippen molar-refractivity contribution in [3.05, 3.63) is 0 Å². The van der Waals surface area contributed by atoms with Crippen LogP contribution in [0.15, 0.2) is 0 Å². The number of carboxylic acids is 1. The highest BCUT2D eigenvalue weighted by atomic mass is 16.4. The molecule has 4 N–H and O–H groups in total. The van der Waals surface area contributed by atoms with Gasteiger partial charge in [-0.25, -0.2) is 0 Å². The van der Waals surface area contributed by atoms with Crippen molar-refractivity contribution in [1.29, 1.82) is 0 Å². The van der Waals surface area contributed by atoms with Gasteiger partial charge in [-0.1, -0.05) is 0 Å². The van der Waals surface area contributed by atoms with E-state index in [2.05, 4.69) is 0 Å². The van der Waals surface area contributed by atoms with Gasteiger partial charge in [0.2, 0.25) is 0 Å². The number of aliphatic carboxylic acids is 1. The quantitative estimate of drug-likeness (QED) is 0.738. The maximum absolute atomic E-state index is 10.9. The fraction of sp³-hybridized carbons (Fsp3) is 0.917. The van der Waals surface area contributed by atoms with Crippen LogP contribution in [0, 0.1) is 17.3 Å². The van der Waals surface area contributed by atoms with Crippen molar-refractivity contribution in [2.24, 2.45) is 17.3 Å². The number of rotatable bonds is 2. The van der Waals surface area contributed by atoms with E-state index in [-0.39, 0.29) is 17.3 Å². The first-order valence-electron chi connectivity index (χ1n) is 5.93. The van der Waals surface area contributed by atoms with Crippen LogP contribution in [0.4, 0.5) is 0 Å². The highest BCUT2D eigenvalue weighted by molar-refractivity contribution is 5.67. The van der Waals surface area contributed by atoms with Crippen LogP contribution in [-0.4, -0.2) is 27.3 Å². The minimum atomic E-state index is -0.694. The summed E-state index contributed by atoms with van der Waals surface area (Å²) in [6.07, 6.45) is 6.15. The Balaban J connectivity index is 0.000000963. The summed E-state index contributed by atoms with van der Waals surface area (Å²) in [6.45, 7) is 0. The van der Waals surface area contributed by atoms with E-state index in [9.17, 15) is 9.90 Å². The van der Waals surface area contributed by atoms with Crippen LogP contribution in [0.1, 0.15) is 44.9 Å². The molecular weight excluding hydrogens is 208 g/mol. The molecule has 0 aliphatic heterocycles. The summed E-state index contributed by atoms with van der Waals surface area (Å²) in [5.74, 6) is 0.492. The van der Waals surface area contributed by atoms with Gasteiger partial charge in [-0.3, -0.25) is 4.79 Å². The monoisotopic (exact) mass is 228 g/mol. The lowest BCUT2D eigenvalue weighted by molar-refractivity contribution is -0.174. The van der Waals surface area contributed by atoms with E-state index in [1.165, 1.54) is 6.42 Å². The van der Waals surface area contributed by atoms with Gasteiger partial charge in [-0.05, 0) is 55.8 Å². The van der Waals surface area contributed by atoms with Crippen LogP contribution in [0.5, 0.6) is 0 Å². The summed E-state index contributed by atoms with van der Waals surface area (Å²) in [4.78, 5) is 10.9. The third-order valence-corrected chi connectivity index (χ3v) is 4.68. The summed E-state index contributed by atoms with van der Waals surface area (Å²) in [7, 11) is 0. The molecule has 16 heavy (non-hydrogen) atoms. The normalized spacial score (nSPS) is 48.8. The van der Waals surface area contributed by atoms with Crippen LogP contribution in [0.25, 0.3) is 0 Å². The fourth-order valence-electron chi connectivity index (χ4n) is 4.93. The number of hydrogen-bond acceptors (Lipinski definition) is 2. The van der Waals surface area contributed by atoms with E-state index < -0.39 is 11.6 Å². The molecule has 4 fully saturated rings. The van der Waals surface area contributed by atoms with Crippen molar-refractivity contribution in [2.45, 2.75) is 50.5 Å². The second kappa shape index (κ2) is 3.44. The number of aliphatic hydroxyl groups is 1. The molecule has 2 unspecified atom stereocenters. The Kier molecular flexibility index (Phi) is 2.55. The van der Waals surface area contributed by atoms with Crippen LogP contribution < -0.4 is 0 Å². The average Bonchev–Trinajstić information content (AvgIpc) is 1.94. The van der Waals surface area contributed by atoms with E-state index >= 15 is 0 Å². The topological polar surface area (TPSA) is 89.0 Å². The Labute approximate surface area is 95.0 Å². The van der Waals surface area contributed by atoms with E-state index in [0.29, 0.717) is 11.8 Å². The smallest absolute Gasteiger partial charge is 0.303 e. The Morgan fingerprint density at radius 1 is 1.19 bits per heavy atom. The first-order valence-corrected chi connectivity index (χ1v) is 5.93. The van der Waals surface area contributed by atoms with Gasteiger partial charge in [-0.2, -0.15) is 0 Å². The Morgan fingerprint density at radius 2 is 1.75 bits per heavy atom. The van der Waals surface area contributed by atoms with E-state index in [1.807, 2.05) is 0 Å². The van der Waals surface area contributed by atoms with Crippen LogP contribution in [-0.2, 0) is 4.79 Å². The van der Waals surface area contributed by atoms with Gasteiger partial charge in [0.1, 0.15) is 0 Å². The molecule has 4 aliphatic rings. The summed E-state index contributed by atoms with van der Waals surface area (Å²) >= 11 is 0. The molecule has 4 rings (SSSR count). The molecule has 0 saturated heterocycles. The third-order valence-electron chi connectivity index (χ3n) is 4.68. The van der Waals surface area contributed by atoms with Gasteiger partial charge >= 0.3 is 5.97 Å². The van der Waals surface area contributed by atoms with Crippen molar-refractivity contribution < 1.29 is 20.5 Å². The van der Waals surface area contributed by atoms with Crippen LogP contribution in [0.2, 0.25) is 0 Å². The highest BCUT2D eigenvalue weighted by Gasteiger charge is 2.57. The molecule has 0 aromatic heterocycles. The zero-order valence-corrected chi connectivity index (χ0v) is 9.41. The maximum atomic E-state index is 10.9. The minimum absolute atomic E-state index is 0. The predicted molar refractivity (Wildman–Crippen MR) is 57.9 cm³/mol. The molecule has 2 atom stereocenters. The molecule has 0 amide bonds. The minimum Gasteiger partial charge on any atom is -0.481 e. The molecule has 0 heterocycles. The van der Waals surface area contributed by atoms with E-state index in [1.54, 1.807) is 0 Å². The molecule has 92 valence electrons. The van der Waals surface area contributed by atoms with Crippen molar-refractivity contribution in [1.82, 2.24) is 0 Å². The fourth-order valence-corrected chi connectivity index (χ4v) is 4.93. The Bertz CT molecular complexity index is 298. The van der Waals surface area contributed by atoms with Crippen molar-refractivity contribution in [2.75, 3.05) is 0 Å². The summed E-state index contributed by atoms with van der Waals surface area (Å²) in [5.41, 5.74) is -0.579. The molecular formula is C12H20O4. The van der Waals surface area contributed by atoms with Gasteiger partial charge in [0, 0.05) is 0 Å². The number of carbonyl (C=O) groups is 1. The number of carboxylic acid groups (broad SMARTS) is 1. The SMILES string of the molecule is O.O=C(O)CC12CC3CC(CC(O)(C3)C1)C2. The first kappa shape index (κ1) is 11.9. The standard InChI is InChI=1S/C12H18O3.H2O/c13-10(14)6-11-2-8-1-9(3-11)5-12(15,4-8)7-11;/h8-9,15H,1-7H2,(H,13,14);1H2. The highest BCUT2D eigenvalue weighted by Crippen LogP contribution is 2.62. The average molecular weight is 228 g/mol. The number of hydrogen-bond donors (Lipinski definition) is 2. The summed E-state index contributed by atoms with van der Waals surface area (Å²) in [5, 5.41) is 19.4. The van der Waals surface area contributed by atoms with Crippen molar-refractivity contribution >= 4 is 5.97 Å². The maximum Gasteiger partial charge on any atom is 0.303 e.